The van der Waals surface area contributed by atoms with Crippen LogP contribution in [0.15, 0.2) is 18.2 Å². The topological polar surface area (TPSA) is 60.4 Å². The molecular formula is C16H20O4S. The van der Waals surface area contributed by atoms with Gasteiger partial charge in [-0.25, -0.2) is 8.42 Å². The summed E-state index contributed by atoms with van der Waals surface area (Å²) in [7, 11) is -2.94. The number of rotatable bonds is 3. The van der Waals surface area contributed by atoms with Crippen molar-refractivity contribution in [2.24, 2.45) is 5.92 Å². The molecular weight excluding hydrogens is 288 g/mol. The molecule has 1 aromatic rings. The van der Waals surface area contributed by atoms with E-state index in [0.29, 0.717) is 12.2 Å². The van der Waals surface area contributed by atoms with Gasteiger partial charge in [-0.1, -0.05) is 12.1 Å². The summed E-state index contributed by atoms with van der Waals surface area (Å²) >= 11 is 0. The van der Waals surface area contributed by atoms with Crippen LogP contribution in [0.5, 0.6) is 5.75 Å². The van der Waals surface area contributed by atoms with E-state index < -0.39 is 9.84 Å². The maximum atomic E-state index is 12.0. The lowest BCUT2D eigenvalue weighted by atomic mass is 9.91. The zero-order chi connectivity index (χ0) is 14.9. The Hall–Kier alpha value is -1.36. The van der Waals surface area contributed by atoms with Crippen LogP contribution in [-0.2, 0) is 27.5 Å². The number of esters is 1. The summed E-state index contributed by atoms with van der Waals surface area (Å²) in [4.78, 5) is 12.0. The third-order valence-corrected chi connectivity index (χ3v) is 6.20. The predicted octanol–water partition coefficient (Wildman–Crippen LogP) is 2.30. The molecule has 0 saturated carbocycles. The number of carbonyl (C=O) groups is 1. The zero-order valence-electron chi connectivity index (χ0n) is 12.0. The van der Waals surface area contributed by atoms with Gasteiger partial charge in [0.05, 0.1) is 11.5 Å². The second-order valence-electron chi connectivity index (χ2n) is 6.05. The normalized spacial score (nSPS) is 23.5. The van der Waals surface area contributed by atoms with Crippen LogP contribution in [-0.4, -0.2) is 25.9 Å². The van der Waals surface area contributed by atoms with Gasteiger partial charge in [0.25, 0.3) is 0 Å². The number of sulfone groups is 1. The van der Waals surface area contributed by atoms with Crippen LogP contribution >= 0.6 is 0 Å². The molecule has 0 amide bonds. The van der Waals surface area contributed by atoms with Gasteiger partial charge in [0.15, 0.2) is 9.84 Å². The minimum atomic E-state index is -2.94. The van der Waals surface area contributed by atoms with Crippen LogP contribution in [0.3, 0.4) is 0 Å². The molecule has 1 atom stereocenters. The molecule has 1 saturated heterocycles. The van der Waals surface area contributed by atoms with Gasteiger partial charge in [-0.15, -0.1) is 0 Å². The minimum absolute atomic E-state index is 0.0814. The van der Waals surface area contributed by atoms with E-state index in [-0.39, 0.29) is 29.8 Å². The van der Waals surface area contributed by atoms with E-state index in [2.05, 4.69) is 6.07 Å². The molecule has 0 unspecified atom stereocenters. The SMILES string of the molecule is O=C(C[C@H]1CCS(=O)(=O)C1)Oc1cccc2c1CCCC2. The van der Waals surface area contributed by atoms with Crippen molar-refractivity contribution in [1.82, 2.24) is 0 Å². The summed E-state index contributed by atoms with van der Waals surface area (Å²) in [6, 6.07) is 5.86. The molecule has 1 aromatic carbocycles. The molecule has 114 valence electrons. The van der Waals surface area contributed by atoms with Crippen molar-refractivity contribution in [3.05, 3.63) is 29.3 Å². The molecule has 0 aromatic heterocycles. The Kier molecular flexibility index (Phi) is 4.02. The zero-order valence-corrected chi connectivity index (χ0v) is 12.8. The van der Waals surface area contributed by atoms with E-state index in [0.717, 1.165) is 24.8 Å². The van der Waals surface area contributed by atoms with Gasteiger partial charge >= 0.3 is 5.97 Å². The molecule has 1 fully saturated rings. The van der Waals surface area contributed by atoms with E-state index in [1.807, 2.05) is 12.1 Å². The van der Waals surface area contributed by atoms with Gasteiger partial charge in [-0.05, 0) is 55.2 Å². The number of benzene rings is 1. The lowest BCUT2D eigenvalue weighted by Crippen LogP contribution is -2.16. The fraction of sp³-hybridized carbons (Fsp3) is 0.562. The largest absolute Gasteiger partial charge is 0.426 e. The third kappa shape index (κ3) is 3.46. The summed E-state index contributed by atoms with van der Waals surface area (Å²) in [5.74, 6) is 0.594. The molecule has 2 aliphatic rings. The van der Waals surface area contributed by atoms with E-state index in [4.69, 9.17) is 4.74 Å². The number of aryl methyl sites for hydroxylation is 1. The van der Waals surface area contributed by atoms with Crippen molar-refractivity contribution in [3.63, 3.8) is 0 Å². The van der Waals surface area contributed by atoms with Gasteiger partial charge in [0.2, 0.25) is 0 Å². The monoisotopic (exact) mass is 308 g/mol. The fourth-order valence-electron chi connectivity index (χ4n) is 3.27. The number of hydrogen-bond acceptors (Lipinski definition) is 4. The van der Waals surface area contributed by atoms with E-state index in [1.165, 1.54) is 12.0 Å². The number of carbonyl (C=O) groups excluding carboxylic acids is 1. The Balaban J connectivity index is 1.66. The maximum absolute atomic E-state index is 12.0. The highest BCUT2D eigenvalue weighted by Crippen LogP contribution is 2.30. The van der Waals surface area contributed by atoms with Gasteiger partial charge in [0.1, 0.15) is 5.75 Å². The van der Waals surface area contributed by atoms with Crippen molar-refractivity contribution >= 4 is 15.8 Å². The van der Waals surface area contributed by atoms with Crippen molar-refractivity contribution in [3.8, 4) is 5.75 Å². The first-order chi connectivity index (χ1) is 10.0. The minimum Gasteiger partial charge on any atom is -0.426 e. The Labute approximate surface area is 125 Å². The summed E-state index contributed by atoms with van der Waals surface area (Å²) in [5.41, 5.74) is 2.42. The highest BCUT2D eigenvalue weighted by Gasteiger charge is 2.30. The van der Waals surface area contributed by atoms with E-state index >= 15 is 0 Å². The van der Waals surface area contributed by atoms with Crippen molar-refractivity contribution in [2.75, 3.05) is 11.5 Å². The Morgan fingerprint density at radius 1 is 1.24 bits per heavy atom. The number of fused-ring (bicyclic) bond motifs is 1. The molecule has 5 heteroatoms. The van der Waals surface area contributed by atoms with Crippen LogP contribution in [0.2, 0.25) is 0 Å². The van der Waals surface area contributed by atoms with Crippen molar-refractivity contribution in [1.29, 1.82) is 0 Å². The smallest absolute Gasteiger partial charge is 0.311 e. The van der Waals surface area contributed by atoms with Gasteiger partial charge < -0.3 is 4.74 Å². The maximum Gasteiger partial charge on any atom is 0.311 e. The highest BCUT2D eigenvalue weighted by molar-refractivity contribution is 7.91. The molecule has 4 nitrogen and oxygen atoms in total. The molecule has 1 aliphatic heterocycles. The average Bonchev–Trinajstić information content (AvgIpc) is 2.78. The predicted molar refractivity (Wildman–Crippen MR) is 80.1 cm³/mol. The van der Waals surface area contributed by atoms with E-state index in [9.17, 15) is 13.2 Å². The van der Waals surface area contributed by atoms with Gasteiger partial charge in [-0.3, -0.25) is 4.79 Å². The number of hydrogen-bond donors (Lipinski definition) is 0. The van der Waals surface area contributed by atoms with Crippen LogP contribution in [0.1, 0.15) is 36.8 Å². The summed E-state index contributed by atoms with van der Waals surface area (Å²) in [6.45, 7) is 0. The summed E-state index contributed by atoms with van der Waals surface area (Å²) in [5, 5.41) is 0. The first-order valence-corrected chi connectivity index (χ1v) is 9.37. The average molecular weight is 308 g/mol. The molecule has 1 aliphatic carbocycles. The highest BCUT2D eigenvalue weighted by atomic mass is 32.2. The molecule has 0 N–H and O–H groups in total. The quantitative estimate of drug-likeness (QED) is 0.635. The summed E-state index contributed by atoms with van der Waals surface area (Å²) < 4.78 is 28.3. The fourth-order valence-corrected chi connectivity index (χ4v) is 5.14. The Bertz CT molecular complexity index is 648. The summed E-state index contributed by atoms with van der Waals surface area (Å²) in [6.07, 6.45) is 5.08. The van der Waals surface area contributed by atoms with Crippen LogP contribution in [0, 0.1) is 5.92 Å². The van der Waals surface area contributed by atoms with Crippen molar-refractivity contribution < 1.29 is 17.9 Å². The first-order valence-electron chi connectivity index (χ1n) is 7.55. The third-order valence-electron chi connectivity index (χ3n) is 4.36. The second kappa shape index (κ2) is 5.79. The molecule has 0 spiro atoms. The molecule has 21 heavy (non-hydrogen) atoms. The van der Waals surface area contributed by atoms with Gasteiger partial charge in [-0.2, -0.15) is 0 Å². The number of ether oxygens (including phenoxy) is 1. The standard InChI is InChI=1S/C16H20O4S/c17-16(10-12-8-9-21(18,19)11-12)20-15-7-3-5-13-4-1-2-6-14(13)15/h3,5,7,12H,1-2,4,6,8-11H2/t12-/m1/s1. The van der Waals surface area contributed by atoms with Crippen LogP contribution in [0.25, 0.3) is 0 Å². The van der Waals surface area contributed by atoms with E-state index in [1.54, 1.807) is 0 Å². The van der Waals surface area contributed by atoms with Gasteiger partial charge in [0, 0.05) is 6.42 Å². The second-order valence-corrected chi connectivity index (χ2v) is 8.28. The lowest BCUT2D eigenvalue weighted by molar-refractivity contribution is -0.135. The molecule has 3 rings (SSSR count). The lowest BCUT2D eigenvalue weighted by Gasteiger charge is -2.19. The van der Waals surface area contributed by atoms with Crippen LogP contribution < -0.4 is 4.74 Å². The Morgan fingerprint density at radius 2 is 2.05 bits per heavy atom. The molecule has 0 bridgehead atoms. The molecule has 0 radical (unpaired) electrons. The van der Waals surface area contributed by atoms with Crippen LogP contribution in [0.4, 0.5) is 0 Å². The first kappa shape index (κ1) is 14.6. The molecule has 1 heterocycles. The van der Waals surface area contributed by atoms with Crippen molar-refractivity contribution in [2.45, 2.75) is 38.5 Å². The Morgan fingerprint density at radius 3 is 2.81 bits per heavy atom.